The molecule has 0 aliphatic carbocycles. The van der Waals surface area contributed by atoms with Crippen molar-refractivity contribution in [1.29, 1.82) is 0 Å². The molecule has 0 N–H and O–H groups in total. The molecule has 145 valence electrons. The Labute approximate surface area is 178 Å². The Morgan fingerprint density at radius 2 is 1.23 bits per heavy atom. The Morgan fingerprint density at radius 3 is 1.90 bits per heavy atom. The Kier molecular flexibility index (Phi) is 4.85. The molecule has 1 radical (unpaired) electrons. The maximum Gasteiger partial charge on any atom is -0.00733 e. The van der Waals surface area contributed by atoms with Crippen LogP contribution in [0.1, 0.15) is 30.4 Å². The van der Waals surface area contributed by atoms with Crippen LogP contribution < -0.4 is 0 Å². The van der Waals surface area contributed by atoms with Crippen LogP contribution in [0.4, 0.5) is 0 Å². The number of benzene rings is 5. The van der Waals surface area contributed by atoms with Gasteiger partial charge in [0.2, 0.25) is 0 Å². The fourth-order valence-electron chi connectivity index (χ4n) is 4.59. The average molecular weight is 386 g/mol. The van der Waals surface area contributed by atoms with E-state index in [1.54, 1.807) is 0 Å². The topological polar surface area (TPSA) is 0 Å². The highest BCUT2D eigenvalue weighted by molar-refractivity contribution is 6.08. The van der Waals surface area contributed by atoms with Gasteiger partial charge in [-0.15, -0.1) is 0 Å². The molecule has 0 aliphatic rings. The zero-order valence-corrected chi connectivity index (χ0v) is 17.3. The minimum Gasteiger partial charge on any atom is -0.0803 e. The van der Waals surface area contributed by atoms with Crippen LogP contribution in [0.25, 0.3) is 37.9 Å². The summed E-state index contributed by atoms with van der Waals surface area (Å²) in [5.74, 6) is 0.215. The molecule has 5 rings (SSSR count). The van der Waals surface area contributed by atoms with Crippen LogP contribution in [0.5, 0.6) is 0 Å². The van der Waals surface area contributed by atoms with Crippen molar-refractivity contribution in [3.05, 3.63) is 121 Å². The third kappa shape index (κ3) is 3.29. The van der Waals surface area contributed by atoms with Gasteiger partial charge in [-0.3, -0.25) is 0 Å². The normalized spacial score (nSPS) is 13.2. The monoisotopic (exact) mass is 385 g/mol. The van der Waals surface area contributed by atoms with Crippen molar-refractivity contribution in [3.63, 3.8) is 0 Å². The zero-order valence-electron chi connectivity index (χ0n) is 17.3. The SMILES string of the molecule is [CH2]C(CC=C(C)c1c2ccccc2cc2ccccc12)c1cccc2ccccc12. The lowest BCUT2D eigenvalue weighted by Gasteiger charge is -2.15. The number of hydrogen-bond acceptors (Lipinski definition) is 0. The largest absolute Gasteiger partial charge is 0.0803 e. The number of fused-ring (bicyclic) bond motifs is 3. The van der Waals surface area contributed by atoms with Gasteiger partial charge in [0, 0.05) is 0 Å². The standard InChI is InChI=1S/C30H25/c1-21(26-17-9-13-23-10-3-6-14-27(23)26)18-19-22(2)30-28-15-7-4-11-24(28)20-25-12-5-8-16-29(25)30/h3-17,19-21H,1,18H2,2H3. The van der Waals surface area contributed by atoms with Gasteiger partial charge in [0.05, 0.1) is 0 Å². The van der Waals surface area contributed by atoms with Crippen molar-refractivity contribution < 1.29 is 0 Å². The second-order valence-corrected chi connectivity index (χ2v) is 8.08. The molecule has 0 aliphatic heterocycles. The summed E-state index contributed by atoms with van der Waals surface area (Å²) >= 11 is 0. The molecule has 0 aromatic heterocycles. The van der Waals surface area contributed by atoms with Gasteiger partial charge in [0.15, 0.2) is 0 Å². The first-order valence-electron chi connectivity index (χ1n) is 10.6. The van der Waals surface area contributed by atoms with E-state index in [0.717, 1.165) is 6.42 Å². The number of hydrogen-bond donors (Lipinski definition) is 0. The summed E-state index contributed by atoms with van der Waals surface area (Å²) in [6, 6.07) is 34.8. The molecular formula is C30H25. The van der Waals surface area contributed by atoms with Gasteiger partial charge >= 0.3 is 0 Å². The van der Waals surface area contributed by atoms with Crippen LogP contribution in [0.15, 0.2) is 103 Å². The van der Waals surface area contributed by atoms with Gasteiger partial charge in [-0.2, -0.15) is 0 Å². The minimum atomic E-state index is 0.215. The van der Waals surface area contributed by atoms with Crippen molar-refractivity contribution in [3.8, 4) is 0 Å². The van der Waals surface area contributed by atoms with Gasteiger partial charge in [0.1, 0.15) is 0 Å². The predicted molar refractivity (Wildman–Crippen MR) is 132 cm³/mol. The summed E-state index contributed by atoms with van der Waals surface area (Å²) in [4.78, 5) is 0. The summed E-state index contributed by atoms with van der Waals surface area (Å²) in [5, 5.41) is 7.80. The van der Waals surface area contributed by atoms with Crippen molar-refractivity contribution in [1.82, 2.24) is 0 Å². The van der Waals surface area contributed by atoms with E-state index in [2.05, 4.69) is 117 Å². The van der Waals surface area contributed by atoms with E-state index in [4.69, 9.17) is 0 Å². The van der Waals surface area contributed by atoms with Crippen molar-refractivity contribution in [2.24, 2.45) is 0 Å². The summed E-state index contributed by atoms with van der Waals surface area (Å²) < 4.78 is 0. The smallest absolute Gasteiger partial charge is 0.00733 e. The predicted octanol–water partition coefficient (Wildman–Crippen LogP) is 8.56. The maximum atomic E-state index is 4.50. The van der Waals surface area contributed by atoms with Crippen molar-refractivity contribution in [2.45, 2.75) is 19.3 Å². The van der Waals surface area contributed by atoms with E-state index < -0.39 is 0 Å². The van der Waals surface area contributed by atoms with Crippen LogP contribution in [-0.2, 0) is 0 Å². The Hall–Kier alpha value is -3.38. The summed E-state index contributed by atoms with van der Waals surface area (Å²) in [7, 11) is 0. The van der Waals surface area contributed by atoms with Crippen molar-refractivity contribution in [2.75, 3.05) is 0 Å². The molecule has 0 nitrogen and oxygen atoms in total. The molecule has 0 saturated heterocycles. The highest BCUT2D eigenvalue weighted by atomic mass is 14.2. The third-order valence-corrected chi connectivity index (χ3v) is 6.14. The molecule has 0 saturated carbocycles. The first-order valence-corrected chi connectivity index (χ1v) is 10.6. The highest BCUT2D eigenvalue weighted by Gasteiger charge is 2.11. The van der Waals surface area contributed by atoms with Gasteiger partial charge in [-0.1, -0.05) is 97.1 Å². The lowest BCUT2D eigenvalue weighted by molar-refractivity contribution is 0.869. The van der Waals surface area contributed by atoms with E-state index >= 15 is 0 Å². The lowest BCUT2D eigenvalue weighted by atomic mass is 9.89. The summed E-state index contributed by atoms with van der Waals surface area (Å²) in [6.45, 7) is 6.74. The molecule has 30 heavy (non-hydrogen) atoms. The maximum absolute atomic E-state index is 4.50. The van der Waals surface area contributed by atoms with Gasteiger partial charge < -0.3 is 0 Å². The van der Waals surface area contributed by atoms with E-state index in [-0.39, 0.29) is 5.92 Å². The van der Waals surface area contributed by atoms with Gasteiger partial charge in [-0.25, -0.2) is 0 Å². The van der Waals surface area contributed by atoms with Crippen LogP contribution in [0.3, 0.4) is 0 Å². The van der Waals surface area contributed by atoms with Gasteiger partial charge in [-0.05, 0) is 81.3 Å². The van der Waals surface area contributed by atoms with E-state index in [1.165, 1.54) is 49.0 Å². The summed E-state index contributed by atoms with van der Waals surface area (Å²) in [6.07, 6.45) is 3.28. The third-order valence-electron chi connectivity index (χ3n) is 6.14. The van der Waals surface area contributed by atoms with Gasteiger partial charge in [0.25, 0.3) is 0 Å². The molecule has 5 aromatic rings. The Morgan fingerprint density at radius 1 is 0.700 bits per heavy atom. The molecular weight excluding hydrogens is 360 g/mol. The molecule has 1 unspecified atom stereocenters. The molecule has 0 amide bonds. The van der Waals surface area contributed by atoms with Crippen LogP contribution in [-0.4, -0.2) is 0 Å². The first-order chi connectivity index (χ1) is 14.7. The second-order valence-electron chi connectivity index (χ2n) is 8.08. The highest BCUT2D eigenvalue weighted by Crippen LogP contribution is 2.35. The molecule has 0 heterocycles. The molecule has 5 aromatic carbocycles. The van der Waals surface area contributed by atoms with Crippen LogP contribution in [0, 0.1) is 6.92 Å². The quantitative estimate of drug-likeness (QED) is 0.272. The fourth-order valence-corrected chi connectivity index (χ4v) is 4.59. The fraction of sp³-hybridized carbons (Fsp3) is 0.100. The Bertz CT molecular complexity index is 1330. The molecule has 0 spiro atoms. The molecule has 0 fully saturated rings. The zero-order chi connectivity index (χ0) is 20.5. The number of allylic oxidation sites excluding steroid dienone is 2. The Balaban J connectivity index is 1.57. The van der Waals surface area contributed by atoms with E-state index in [1.807, 2.05) is 0 Å². The van der Waals surface area contributed by atoms with Crippen molar-refractivity contribution >= 4 is 37.9 Å². The van der Waals surface area contributed by atoms with Crippen LogP contribution in [0.2, 0.25) is 0 Å². The second kappa shape index (κ2) is 7.80. The molecule has 0 heteroatoms. The van der Waals surface area contributed by atoms with E-state index in [0.29, 0.717) is 0 Å². The van der Waals surface area contributed by atoms with E-state index in [9.17, 15) is 0 Å². The number of rotatable bonds is 4. The van der Waals surface area contributed by atoms with Crippen LogP contribution >= 0.6 is 0 Å². The molecule has 0 bridgehead atoms. The lowest BCUT2D eigenvalue weighted by Crippen LogP contribution is -1.95. The average Bonchev–Trinajstić information content (AvgIpc) is 2.80. The minimum absolute atomic E-state index is 0.215. The first kappa shape index (κ1) is 18.6. The molecule has 1 atom stereocenters. The summed E-state index contributed by atoms with van der Waals surface area (Å²) in [5.41, 5.74) is 3.98.